The number of hydrogen-bond acceptors (Lipinski definition) is 4. The van der Waals surface area contributed by atoms with Crippen molar-refractivity contribution in [1.29, 1.82) is 0 Å². The number of hydrogen-bond donors (Lipinski definition) is 1. The van der Waals surface area contributed by atoms with E-state index in [4.69, 9.17) is 10.5 Å². The highest BCUT2D eigenvalue weighted by molar-refractivity contribution is 7.92. The van der Waals surface area contributed by atoms with Crippen LogP contribution in [0, 0.1) is 5.92 Å². The second-order valence-corrected chi connectivity index (χ2v) is 7.05. The first kappa shape index (κ1) is 15.1. The lowest BCUT2D eigenvalue weighted by Gasteiger charge is -2.25. The van der Waals surface area contributed by atoms with E-state index >= 15 is 0 Å². The topological polar surface area (TPSA) is 72.6 Å². The SMILES string of the molecule is COc1ccccc1N(CCCN)S(=O)(=O)CC1CC1. The molecule has 0 spiro atoms. The smallest absolute Gasteiger partial charge is 0.235 e. The molecule has 1 saturated carbocycles. The molecule has 0 amide bonds. The zero-order chi connectivity index (χ0) is 14.6. The highest BCUT2D eigenvalue weighted by Gasteiger charge is 2.32. The Morgan fingerprint density at radius 2 is 2.05 bits per heavy atom. The number of nitrogens with two attached hydrogens (primary N) is 1. The molecule has 112 valence electrons. The first-order valence-corrected chi connectivity index (χ1v) is 8.53. The molecule has 1 aliphatic rings. The molecular formula is C14H22N2O3S. The van der Waals surface area contributed by atoms with E-state index in [1.807, 2.05) is 12.1 Å². The van der Waals surface area contributed by atoms with Gasteiger partial charge in [-0.1, -0.05) is 12.1 Å². The maximum Gasteiger partial charge on any atom is 0.235 e. The molecule has 1 aromatic rings. The third-order valence-corrected chi connectivity index (χ3v) is 5.34. The molecule has 0 radical (unpaired) electrons. The summed E-state index contributed by atoms with van der Waals surface area (Å²) in [6.07, 6.45) is 2.65. The third-order valence-electron chi connectivity index (χ3n) is 3.40. The standard InChI is InChI=1S/C14H22N2O3S/c1-19-14-6-3-2-5-13(14)16(10-4-9-15)20(17,18)11-12-7-8-12/h2-3,5-6,12H,4,7-11,15H2,1H3. The van der Waals surface area contributed by atoms with Crippen molar-refractivity contribution in [3.05, 3.63) is 24.3 Å². The van der Waals surface area contributed by atoms with Crippen molar-refractivity contribution >= 4 is 15.7 Å². The lowest BCUT2D eigenvalue weighted by molar-refractivity contribution is 0.415. The van der Waals surface area contributed by atoms with Gasteiger partial charge < -0.3 is 10.5 Å². The number of rotatable bonds is 8. The van der Waals surface area contributed by atoms with Gasteiger partial charge in [-0.05, 0) is 43.9 Å². The van der Waals surface area contributed by atoms with E-state index in [0.29, 0.717) is 36.9 Å². The third kappa shape index (κ3) is 3.64. The Balaban J connectivity index is 2.30. The van der Waals surface area contributed by atoms with Crippen LogP contribution in [-0.2, 0) is 10.0 Å². The van der Waals surface area contributed by atoms with Crippen molar-refractivity contribution in [2.24, 2.45) is 11.7 Å². The summed E-state index contributed by atoms with van der Waals surface area (Å²) in [5.74, 6) is 1.11. The average molecular weight is 298 g/mol. The molecule has 0 atom stereocenters. The van der Waals surface area contributed by atoms with E-state index in [2.05, 4.69) is 0 Å². The molecule has 1 aromatic carbocycles. The monoisotopic (exact) mass is 298 g/mol. The molecular weight excluding hydrogens is 276 g/mol. The van der Waals surface area contributed by atoms with Gasteiger partial charge in [-0.2, -0.15) is 0 Å². The Morgan fingerprint density at radius 3 is 2.65 bits per heavy atom. The van der Waals surface area contributed by atoms with Gasteiger partial charge in [-0.15, -0.1) is 0 Å². The van der Waals surface area contributed by atoms with Gasteiger partial charge in [0.15, 0.2) is 0 Å². The molecule has 6 heteroatoms. The maximum atomic E-state index is 12.6. The Labute approximate surface area is 120 Å². The van der Waals surface area contributed by atoms with Gasteiger partial charge in [0, 0.05) is 6.54 Å². The molecule has 20 heavy (non-hydrogen) atoms. The minimum atomic E-state index is -3.32. The molecule has 5 nitrogen and oxygen atoms in total. The Hall–Kier alpha value is -1.27. The van der Waals surface area contributed by atoms with E-state index in [-0.39, 0.29) is 5.75 Å². The van der Waals surface area contributed by atoms with Crippen LogP contribution in [0.3, 0.4) is 0 Å². The molecule has 0 saturated heterocycles. The number of ether oxygens (including phenoxy) is 1. The minimum Gasteiger partial charge on any atom is -0.495 e. The Morgan fingerprint density at radius 1 is 1.35 bits per heavy atom. The van der Waals surface area contributed by atoms with Crippen LogP contribution in [0.5, 0.6) is 5.75 Å². The number of para-hydroxylation sites is 2. The number of benzene rings is 1. The van der Waals surface area contributed by atoms with Crippen molar-refractivity contribution in [2.45, 2.75) is 19.3 Å². The minimum absolute atomic E-state index is 0.218. The fourth-order valence-corrected chi connectivity index (χ4v) is 4.12. The Kier molecular flexibility index (Phi) is 4.88. The van der Waals surface area contributed by atoms with Crippen LogP contribution in [0.15, 0.2) is 24.3 Å². The predicted octanol–water partition coefficient (Wildman–Crippen LogP) is 1.59. The molecule has 2 N–H and O–H groups in total. The predicted molar refractivity (Wildman–Crippen MR) is 80.5 cm³/mol. The van der Waals surface area contributed by atoms with E-state index in [0.717, 1.165) is 12.8 Å². The van der Waals surface area contributed by atoms with Gasteiger partial charge in [0.1, 0.15) is 5.75 Å². The van der Waals surface area contributed by atoms with Crippen molar-refractivity contribution in [2.75, 3.05) is 30.3 Å². The highest BCUT2D eigenvalue weighted by Crippen LogP contribution is 2.35. The summed E-state index contributed by atoms with van der Waals surface area (Å²) in [5, 5.41) is 0. The number of anilines is 1. The van der Waals surface area contributed by atoms with Crippen molar-refractivity contribution in [3.63, 3.8) is 0 Å². The maximum absolute atomic E-state index is 12.6. The van der Waals surface area contributed by atoms with Gasteiger partial charge in [0.2, 0.25) is 10.0 Å². The lowest BCUT2D eigenvalue weighted by atomic mass is 10.3. The quantitative estimate of drug-likeness (QED) is 0.791. The zero-order valence-electron chi connectivity index (χ0n) is 11.8. The fraction of sp³-hybridized carbons (Fsp3) is 0.571. The summed E-state index contributed by atoms with van der Waals surface area (Å²) in [5.41, 5.74) is 6.13. The van der Waals surface area contributed by atoms with Crippen molar-refractivity contribution in [3.8, 4) is 5.75 Å². The van der Waals surface area contributed by atoms with Crippen LogP contribution in [-0.4, -0.2) is 34.4 Å². The second kappa shape index (κ2) is 6.45. The van der Waals surface area contributed by atoms with Crippen LogP contribution in [0.1, 0.15) is 19.3 Å². The normalized spacial score (nSPS) is 15.1. The molecule has 0 aliphatic heterocycles. The summed E-state index contributed by atoms with van der Waals surface area (Å²) in [6, 6.07) is 7.20. The largest absolute Gasteiger partial charge is 0.495 e. The van der Waals surface area contributed by atoms with E-state index in [1.54, 1.807) is 19.2 Å². The fourth-order valence-electron chi connectivity index (χ4n) is 2.15. The summed E-state index contributed by atoms with van der Waals surface area (Å²) < 4.78 is 31.9. The zero-order valence-corrected chi connectivity index (χ0v) is 12.6. The van der Waals surface area contributed by atoms with Gasteiger partial charge in [0.05, 0.1) is 18.6 Å². The van der Waals surface area contributed by atoms with Gasteiger partial charge in [0.25, 0.3) is 0 Å². The van der Waals surface area contributed by atoms with Crippen molar-refractivity contribution < 1.29 is 13.2 Å². The molecule has 0 unspecified atom stereocenters. The van der Waals surface area contributed by atoms with Crippen LogP contribution < -0.4 is 14.8 Å². The molecule has 0 bridgehead atoms. The summed E-state index contributed by atoms with van der Waals surface area (Å²) in [4.78, 5) is 0. The number of nitrogens with zero attached hydrogens (tertiary/aromatic N) is 1. The van der Waals surface area contributed by atoms with E-state index in [1.165, 1.54) is 4.31 Å². The second-order valence-electron chi connectivity index (χ2n) is 5.11. The molecule has 2 rings (SSSR count). The highest BCUT2D eigenvalue weighted by atomic mass is 32.2. The van der Waals surface area contributed by atoms with Gasteiger partial charge in [-0.25, -0.2) is 8.42 Å². The van der Waals surface area contributed by atoms with Crippen LogP contribution >= 0.6 is 0 Å². The van der Waals surface area contributed by atoms with Crippen LogP contribution in [0.25, 0.3) is 0 Å². The van der Waals surface area contributed by atoms with Crippen LogP contribution in [0.4, 0.5) is 5.69 Å². The molecule has 0 heterocycles. The number of methoxy groups -OCH3 is 1. The Bertz CT molecular complexity index is 541. The summed E-state index contributed by atoms with van der Waals surface area (Å²) in [7, 11) is -1.77. The number of sulfonamides is 1. The average Bonchev–Trinajstić information content (AvgIpc) is 3.22. The first-order chi connectivity index (χ1) is 9.58. The van der Waals surface area contributed by atoms with Gasteiger partial charge in [-0.3, -0.25) is 4.31 Å². The lowest BCUT2D eigenvalue weighted by Crippen LogP contribution is -2.35. The molecule has 0 aromatic heterocycles. The van der Waals surface area contributed by atoms with Crippen molar-refractivity contribution in [1.82, 2.24) is 0 Å². The van der Waals surface area contributed by atoms with Gasteiger partial charge >= 0.3 is 0 Å². The van der Waals surface area contributed by atoms with E-state index in [9.17, 15) is 8.42 Å². The summed E-state index contributed by atoms with van der Waals surface area (Å²) in [6.45, 7) is 0.858. The molecule has 1 fully saturated rings. The van der Waals surface area contributed by atoms with Crippen LogP contribution in [0.2, 0.25) is 0 Å². The first-order valence-electron chi connectivity index (χ1n) is 6.92. The molecule has 1 aliphatic carbocycles. The van der Waals surface area contributed by atoms with E-state index < -0.39 is 10.0 Å². The summed E-state index contributed by atoms with van der Waals surface area (Å²) >= 11 is 0.